The van der Waals surface area contributed by atoms with Crippen molar-refractivity contribution in [2.24, 2.45) is 0 Å². The normalized spacial score (nSPS) is 21.7. The summed E-state index contributed by atoms with van der Waals surface area (Å²) >= 11 is 6.10. The van der Waals surface area contributed by atoms with E-state index >= 15 is 0 Å². The fraction of sp³-hybridized carbons (Fsp3) is 0.579. The van der Waals surface area contributed by atoms with Crippen molar-refractivity contribution in [2.75, 3.05) is 19.7 Å². The molecule has 0 N–H and O–H groups in total. The molecule has 2 heterocycles. The lowest BCUT2D eigenvalue weighted by atomic mass is 9.99. The predicted octanol–water partition coefficient (Wildman–Crippen LogP) is 4.23. The first-order valence-electron chi connectivity index (χ1n) is 8.93. The van der Waals surface area contributed by atoms with E-state index in [1.54, 1.807) is 9.80 Å². The Hall–Kier alpha value is -1.95. The van der Waals surface area contributed by atoms with Gasteiger partial charge in [0.1, 0.15) is 12.2 Å². The van der Waals surface area contributed by atoms with Gasteiger partial charge in [-0.05, 0) is 51.3 Å². The van der Waals surface area contributed by atoms with Crippen molar-refractivity contribution < 1.29 is 19.1 Å². The van der Waals surface area contributed by atoms with Gasteiger partial charge in [-0.3, -0.25) is 4.90 Å². The van der Waals surface area contributed by atoms with Crippen molar-refractivity contribution in [2.45, 2.75) is 51.3 Å². The van der Waals surface area contributed by atoms with Gasteiger partial charge in [0, 0.05) is 24.2 Å². The largest absolute Gasteiger partial charge is 0.447 e. The molecular formula is C19H25ClN2O4. The first-order chi connectivity index (χ1) is 12.2. The Morgan fingerprint density at radius 3 is 2.58 bits per heavy atom. The van der Waals surface area contributed by atoms with Crippen LogP contribution in [0.5, 0.6) is 0 Å². The molecule has 1 aromatic rings. The highest BCUT2D eigenvalue weighted by Gasteiger charge is 2.41. The maximum Gasteiger partial charge on any atom is 0.410 e. The van der Waals surface area contributed by atoms with Crippen molar-refractivity contribution in [1.29, 1.82) is 0 Å². The summed E-state index contributed by atoms with van der Waals surface area (Å²) < 4.78 is 10.7. The molecule has 2 aliphatic rings. The van der Waals surface area contributed by atoms with Crippen molar-refractivity contribution in [1.82, 2.24) is 9.80 Å². The molecule has 3 rings (SSSR count). The second kappa shape index (κ2) is 7.35. The molecule has 0 aliphatic carbocycles. The summed E-state index contributed by atoms with van der Waals surface area (Å²) in [5.41, 5.74) is 0.461. The average molecular weight is 381 g/mol. The molecule has 142 valence electrons. The number of rotatable bonds is 2. The molecule has 0 radical (unpaired) electrons. The van der Waals surface area contributed by atoms with E-state index in [9.17, 15) is 9.59 Å². The molecule has 1 aromatic carbocycles. The summed E-state index contributed by atoms with van der Waals surface area (Å²) in [4.78, 5) is 28.0. The van der Waals surface area contributed by atoms with Crippen LogP contribution in [0.15, 0.2) is 24.3 Å². The number of benzene rings is 1. The van der Waals surface area contributed by atoms with E-state index in [1.807, 2.05) is 45.0 Å². The number of hydrogen-bond acceptors (Lipinski definition) is 4. The van der Waals surface area contributed by atoms with Crippen LogP contribution in [0.3, 0.4) is 0 Å². The van der Waals surface area contributed by atoms with Crippen molar-refractivity contribution >= 4 is 23.8 Å². The molecule has 1 atom stereocenters. The second-order valence-electron chi connectivity index (χ2n) is 7.75. The second-order valence-corrected chi connectivity index (χ2v) is 8.19. The van der Waals surface area contributed by atoms with E-state index in [0.717, 1.165) is 5.56 Å². The molecule has 2 amide bonds. The van der Waals surface area contributed by atoms with E-state index in [4.69, 9.17) is 21.1 Å². The highest BCUT2D eigenvalue weighted by Crippen LogP contribution is 2.34. The average Bonchev–Trinajstić information content (AvgIpc) is 2.95. The number of amides is 2. The van der Waals surface area contributed by atoms with Gasteiger partial charge in [-0.15, -0.1) is 0 Å². The van der Waals surface area contributed by atoms with Crippen molar-refractivity contribution in [3.05, 3.63) is 34.9 Å². The molecule has 0 saturated carbocycles. The zero-order valence-electron chi connectivity index (χ0n) is 15.4. The zero-order chi connectivity index (χ0) is 18.9. The Bertz CT molecular complexity index is 680. The summed E-state index contributed by atoms with van der Waals surface area (Å²) in [5, 5.41) is 0.640. The quantitative estimate of drug-likeness (QED) is 0.770. The lowest BCUT2D eigenvalue weighted by Gasteiger charge is -2.38. The van der Waals surface area contributed by atoms with Crippen LogP contribution in [0.25, 0.3) is 0 Å². The van der Waals surface area contributed by atoms with E-state index in [0.29, 0.717) is 37.6 Å². The minimum atomic E-state index is -0.510. The summed E-state index contributed by atoms with van der Waals surface area (Å²) in [6.07, 6.45) is 0.800. The van der Waals surface area contributed by atoms with Gasteiger partial charge in [0.25, 0.3) is 0 Å². The summed E-state index contributed by atoms with van der Waals surface area (Å²) in [6.45, 7) is 7.01. The third-order valence-electron chi connectivity index (χ3n) is 4.65. The molecular weight excluding hydrogens is 356 g/mol. The topological polar surface area (TPSA) is 59.1 Å². The van der Waals surface area contributed by atoms with Gasteiger partial charge in [-0.25, -0.2) is 9.59 Å². The lowest BCUT2D eigenvalue weighted by Crippen LogP contribution is -2.48. The number of hydrogen-bond donors (Lipinski definition) is 0. The van der Waals surface area contributed by atoms with Crippen molar-refractivity contribution in [3.63, 3.8) is 0 Å². The van der Waals surface area contributed by atoms with E-state index in [-0.39, 0.29) is 24.3 Å². The number of halogens is 1. The number of carbonyl (C=O) groups is 2. The Labute approximate surface area is 159 Å². The standard InChI is InChI=1S/C19H25ClN2O4/c1-19(2,3)26-17(23)21-9-7-15(8-10-21)22-16(12-25-18(22)24)13-5-4-6-14(20)11-13/h4-6,11,15-16H,7-10,12H2,1-3H3/t16-/m0/s1. The molecule has 0 spiro atoms. The van der Waals surface area contributed by atoms with E-state index < -0.39 is 5.60 Å². The van der Waals surface area contributed by atoms with Gasteiger partial charge >= 0.3 is 12.2 Å². The maximum absolute atomic E-state index is 12.3. The number of ether oxygens (including phenoxy) is 2. The van der Waals surface area contributed by atoms with Gasteiger partial charge in [-0.1, -0.05) is 23.7 Å². The zero-order valence-corrected chi connectivity index (χ0v) is 16.2. The Kier molecular flexibility index (Phi) is 5.32. The van der Waals surface area contributed by atoms with Gasteiger partial charge in [0.05, 0.1) is 6.04 Å². The van der Waals surface area contributed by atoms with E-state index in [2.05, 4.69) is 0 Å². The minimum absolute atomic E-state index is 0.0349. The molecule has 0 bridgehead atoms. The van der Waals surface area contributed by atoms with Crippen LogP contribution in [0.4, 0.5) is 9.59 Å². The molecule has 2 fully saturated rings. The van der Waals surface area contributed by atoms with Crippen LogP contribution >= 0.6 is 11.6 Å². The molecule has 0 unspecified atom stereocenters. The number of carbonyl (C=O) groups excluding carboxylic acids is 2. The monoisotopic (exact) mass is 380 g/mol. The summed E-state index contributed by atoms with van der Waals surface area (Å²) in [6, 6.07) is 7.42. The van der Waals surface area contributed by atoms with Crippen LogP contribution in [0.1, 0.15) is 45.2 Å². The highest BCUT2D eigenvalue weighted by molar-refractivity contribution is 6.30. The fourth-order valence-electron chi connectivity index (χ4n) is 3.46. The van der Waals surface area contributed by atoms with Gasteiger partial charge < -0.3 is 14.4 Å². The number of likely N-dealkylation sites (tertiary alicyclic amines) is 1. The molecule has 6 nitrogen and oxygen atoms in total. The van der Waals surface area contributed by atoms with Crippen LogP contribution in [-0.4, -0.2) is 53.3 Å². The highest BCUT2D eigenvalue weighted by atomic mass is 35.5. The number of nitrogens with zero attached hydrogens (tertiary/aromatic N) is 2. The minimum Gasteiger partial charge on any atom is -0.447 e. The molecule has 7 heteroatoms. The van der Waals surface area contributed by atoms with Crippen LogP contribution in [0.2, 0.25) is 5.02 Å². The van der Waals surface area contributed by atoms with Crippen LogP contribution in [0, 0.1) is 0 Å². The SMILES string of the molecule is CC(C)(C)OC(=O)N1CCC(N2C(=O)OC[C@H]2c2cccc(Cl)c2)CC1. The third kappa shape index (κ3) is 4.23. The Balaban J connectivity index is 1.66. The van der Waals surface area contributed by atoms with Crippen molar-refractivity contribution in [3.8, 4) is 0 Å². The maximum atomic E-state index is 12.3. The first-order valence-corrected chi connectivity index (χ1v) is 9.31. The first kappa shape index (κ1) is 18.8. The van der Waals surface area contributed by atoms with Crippen LogP contribution in [-0.2, 0) is 9.47 Å². The van der Waals surface area contributed by atoms with Gasteiger partial charge in [-0.2, -0.15) is 0 Å². The number of cyclic esters (lactones) is 1. The predicted molar refractivity (Wildman–Crippen MR) is 98.2 cm³/mol. The third-order valence-corrected chi connectivity index (χ3v) is 4.89. The molecule has 2 saturated heterocycles. The Morgan fingerprint density at radius 2 is 1.96 bits per heavy atom. The van der Waals surface area contributed by atoms with Gasteiger partial charge in [0.15, 0.2) is 0 Å². The van der Waals surface area contributed by atoms with Crippen LogP contribution < -0.4 is 0 Å². The van der Waals surface area contributed by atoms with Gasteiger partial charge in [0.2, 0.25) is 0 Å². The smallest absolute Gasteiger partial charge is 0.410 e. The fourth-order valence-corrected chi connectivity index (χ4v) is 3.66. The summed E-state index contributed by atoms with van der Waals surface area (Å²) in [7, 11) is 0. The number of piperidine rings is 1. The van der Waals surface area contributed by atoms with E-state index in [1.165, 1.54) is 0 Å². The lowest BCUT2D eigenvalue weighted by molar-refractivity contribution is 0.0157. The molecule has 0 aromatic heterocycles. The molecule has 26 heavy (non-hydrogen) atoms. The summed E-state index contributed by atoms with van der Waals surface area (Å²) in [5.74, 6) is 0. The Morgan fingerprint density at radius 1 is 1.27 bits per heavy atom. The molecule has 2 aliphatic heterocycles.